The van der Waals surface area contributed by atoms with Gasteiger partial charge in [0.1, 0.15) is 18.2 Å². The number of nitrogens with zero attached hydrogens (tertiary/aromatic N) is 4. The first-order valence-corrected chi connectivity index (χ1v) is 11.5. The highest BCUT2D eigenvalue weighted by Crippen LogP contribution is 2.35. The maximum absolute atomic E-state index is 13.4. The number of carbonyl (C=O) groups is 2. The van der Waals surface area contributed by atoms with Crippen LogP contribution in [0, 0.1) is 5.82 Å². The molecule has 0 atom stereocenters. The highest BCUT2D eigenvalue weighted by atomic mass is 19.4. The van der Waals surface area contributed by atoms with Crippen molar-refractivity contribution in [3.8, 4) is 11.3 Å². The number of likely N-dealkylation sites (tertiary alicyclic amines) is 1. The third-order valence-electron chi connectivity index (χ3n) is 6.36. The molecule has 0 saturated carbocycles. The third kappa shape index (κ3) is 6.31. The Labute approximate surface area is 209 Å². The summed E-state index contributed by atoms with van der Waals surface area (Å²) in [6.07, 6.45) is 2.17. The SMILES string of the molecule is O=C(Cc1cccc(F)c1)N1CCC2(CC1)Cn1c(-c3cccnc3)cnc1CO2.O=C(O)C(F)(F)F. The van der Waals surface area contributed by atoms with E-state index >= 15 is 0 Å². The van der Waals surface area contributed by atoms with Crippen molar-refractivity contribution in [2.24, 2.45) is 0 Å². The van der Waals surface area contributed by atoms with Gasteiger partial charge in [-0.3, -0.25) is 9.78 Å². The number of imidazole rings is 1. The number of aromatic nitrogens is 3. The van der Waals surface area contributed by atoms with E-state index in [2.05, 4.69) is 14.5 Å². The van der Waals surface area contributed by atoms with Crippen molar-refractivity contribution in [3.63, 3.8) is 0 Å². The zero-order chi connectivity index (χ0) is 26.6. The molecular formula is C25H24F4N4O4. The van der Waals surface area contributed by atoms with Gasteiger partial charge >= 0.3 is 12.1 Å². The molecule has 2 aliphatic heterocycles. The van der Waals surface area contributed by atoms with Gasteiger partial charge in [-0.1, -0.05) is 12.1 Å². The summed E-state index contributed by atoms with van der Waals surface area (Å²) in [5, 5.41) is 7.12. The predicted octanol–water partition coefficient (Wildman–Crippen LogP) is 3.85. The van der Waals surface area contributed by atoms with E-state index in [0.717, 1.165) is 36.5 Å². The average molecular weight is 520 g/mol. The lowest BCUT2D eigenvalue weighted by Gasteiger charge is -2.44. The van der Waals surface area contributed by atoms with Gasteiger partial charge in [0, 0.05) is 31.0 Å². The number of ether oxygens (including phenoxy) is 1. The van der Waals surface area contributed by atoms with E-state index in [1.165, 1.54) is 12.1 Å². The lowest BCUT2D eigenvalue weighted by Crippen LogP contribution is -2.52. The summed E-state index contributed by atoms with van der Waals surface area (Å²) in [6.45, 7) is 2.47. The first kappa shape index (κ1) is 26.3. The van der Waals surface area contributed by atoms with Crippen LogP contribution >= 0.6 is 0 Å². The molecule has 196 valence electrons. The minimum absolute atomic E-state index is 0.0330. The number of hydrogen-bond acceptors (Lipinski definition) is 5. The molecule has 0 aliphatic carbocycles. The van der Waals surface area contributed by atoms with E-state index in [0.29, 0.717) is 25.3 Å². The Morgan fingerprint density at radius 1 is 1.11 bits per heavy atom. The second-order valence-corrected chi connectivity index (χ2v) is 8.85. The fourth-order valence-electron chi connectivity index (χ4n) is 4.40. The number of hydrogen-bond donors (Lipinski definition) is 1. The molecule has 5 rings (SSSR count). The summed E-state index contributed by atoms with van der Waals surface area (Å²) in [6, 6.07) is 10.2. The summed E-state index contributed by atoms with van der Waals surface area (Å²) in [5.74, 6) is -2.11. The Hall–Kier alpha value is -3.80. The molecule has 0 radical (unpaired) electrons. The third-order valence-corrected chi connectivity index (χ3v) is 6.36. The van der Waals surface area contributed by atoms with Crippen molar-refractivity contribution in [2.45, 2.75) is 44.2 Å². The largest absolute Gasteiger partial charge is 0.490 e. The first-order valence-electron chi connectivity index (χ1n) is 11.5. The molecule has 3 aromatic rings. The summed E-state index contributed by atoms with van der Waals surface area (Å²) in [4.78, 5) is 32.2. The summed E-state index contributed by atoms with van der Waals surface area (Å²) >= 11 is 0. The monoisotopic (exact) mass is 520 g/mol. The van der Waals surface area contributed by atoms with E-state index in [1.807, 2.05) is 29.4 Å². The molecule has 1 fully saturated rings. The van der Waals surface area contributed by atoms with Gasteiger partial charge in [0.15, 0.2) is 0 Å². The van der Waals surface area contributed by atoms with E-state index < -0.39 is 12.1 Å². The van der Waals surface area contributed by atoms with Crippen LogP contribution in [0.2, 0.25) is 0 Å². The zero-order valence-corrected chi connectivity index (χ0v) is 19.6. The molecule has 1 N–H and O–H groups in total. The Kier molecular flexibility index (Phi) is 7.58. The molecule has 0 unspecified atom stereocenters. The van der Waals surface area contributed by atoms with Crippen molar-refractivity contribution in [1.82, 2.24) is 19.4 Å². The van der Waals surface area contributed by atoms with E-state index in [9.17, 15) is 22.4 Å². The molecule has 0 bridgehead atoms. The molecule has 12 heteroatoms. The Balaban J connectivity index is 0.000000405. The van der Waals surface area contributed by atoms with Gasteiger partial charge in [-0.2, -0.15) is 13.2 Å². The molecule has 1 saturated heterocycles. The average Bonchev–Trinajstić information content (AvgIpc) is 3.27. The molecular weight excluding hydrogens is 496 g/mol. The quantitative estimate of drug-likeness (QED) is 0.527. The van der Waals surface area contributed by atoms with Crippen LogP contribution in [0.4, 0.5) is 17.6 Å². The molecule has 2 aliphatic rings. The number of aliphatic carboxylic acids is 1. The van der Waals surface area contributed by atoms with E-state index in [-0.39, 0.29) is 23.7 Å². The van der Waals surface area contributed by atoms with Gasteiger partial charge in [0.05, 0.1) is 30.5 Å². The second kappa shape index (κ2) is 10.7. The summed E-state index contributed by atoms with van der Waals surface area (Å²) < 4.78 is 53.6. The number of carbonyl (C=O) groups excluding carboxylic acids is 1. The summed E-state index contributed by atoms with van der Waals surface area (Å²) in [7, 11) is 0. The highest BCUT2D eigenvalue weighted by molar-refractivity contribution is 5.79. The number of rotatable bonds is 3. The number of halogens is 4. The summed E-state index contributed by atoms with van der Waals surface area (Å²) in [5.41, 5.74) is 2.50. The minimum Gasteiger partial charge on any atom is -0.475 e. The van der Waals surface area contributed by atoms with Crippen LogP contribution in [0.1, 0.15) is 24.2 Å². The number of pyridine rings is 1. The van der Waals surface area contributed by atoms with Crippen molar-refractivity contribution >= 4 is 11.9 Å². The first-order chi connectivity index (χ1) is 17.6. The van der Waals surface area contributed by atoms with Gasteiger partial charge in [0.2, 0.25) is 5.91 Å². The van der Waals surface area contributed by atoms with Crippen molar-refractivity contribution in [3.05, 3.63) is 72.2 Å². The fourth-order valence-corrected chi connectivity index (χ4v) is 4.40. The molecule has 1 amide bonds. The number of benzene rings is 1. The van der Waals surface area contributed by atoms with Crippen molar-refractivity contribution < 1.29 is 37.0 Å². The number of piperidine rings is 1. The molecule has 2 aromatic heterocycles. The Morgan fingerprint density at radius 3 is 2.46 bits per heavy atom. The number of alkyl halides is 3. The van der Waals surface area contributed by atoms with Crippen molar-refractivity contribution in [2.75, 3.05) is 13.1 Å². The van der Waals surface area contributed by atoms with Crippen LogP contribution in [-0.2, 0) is 33.9 Å². The van der Waals surface area contributed by atoms with Gasteiger partial charge in [-0.25, -0.2) is 14.2 Å². The predicted molar refractivity (Wildman–Crippen MR) is 123 cm³/mol. The maximum atomic E-state index is 13.4. The van der Waals surface area contributed by atoms with Gasteiger partial charge in [-0.05, 0) is 42.7 Å². The molecule has 1 aromatic carbocycles. The Bertz CT molecular complexity index is 1260. The topological polar surface area (TPSA) is 97.5 Å². The van der Waals surface area contributed by atoms with Crippen LogP contribution in [-0.4, -0.2) is 61.3 Å². The number of amides is 1. The van der Waals surface area contributed by atoms with Gasteiger partial charge in [-0.15, -0.1) is 0 Å². The molecule has 8 nitrogen and oxygen atoms in total. The fraction of sp³-hybridized carbons (Fsp3) is 0.360. The standard InChI is InChI=1S/C23H23FN4O2.C2HF3O2/c24-19-5-1-3-17(11-19)12-22(29)27-9-6-23(7-10-27)16-28-20(14-26-21(28)15-30-23)18-4-2-8-25-13-18;3-2(4,5)1(6)7/h1-5,8,11,13-14H,6-7,9-10,12,15-16H2;(H,6,7). The number of carboxylic acid groups (broad SMARTS) is 1. The smallest absolute Gasteiger partial charge is 0.475 e. The van der Waals surface area contributed by atoms with Gasteiger partial charge in [0.25, 0.3) is 0 Å². The Morgan fingerprint density at radius 2 is 1.84 bits per heavy atom. The maximum Gasteiger partial charge on any atom is 0.490 e. The van der Waals surface area contributed by atoms with Crippen LogP contribution in [0.3, 0.4) is 0 Å². The highest BCUT2D eigenvalue weighted by Gasteiger charge is 2.41. The van der Waals surface area contributed by atoms with Crippen LogP contribution in [0.25, 0.3) is 11.3 Å². The van der Waals surface area contributed by atoms with Crippen molar-refractivity contribution in [1.29, 1.82) is 0 Å². The second-order valence-electron chi connectivity index (χ2n) is 8.85. The molecule has 1 spiro atoms. The molecule has 37 heavy (non-hydrogen) atoms. The molecule has 4 heterocycles. The minimum atomic E-state index is -5.08. The lowest BCUT2D eigenvalue weighted by atomic mass is 9.89. The van der Waals surface area contributed by atoms with E-state index in [1.54, 1.807) is 18.3 Å². The normalized spacial score (nSPS) is 16.5. The van der Waals surface area contributed by atoms with E-state index in [4.69, 9.17) is 14.6 Å². The van der Waals surface area contributed by atoms with Crippen LogP contribution in [0.15, 0.2) is 55.0 Å². The lowest BCUT2D eigenvalue weighted by molar-refractivity contribution is -0.192. The van der Waals surface area contributed by atoms with Gasteiger partial charge < -0.3 is 19.3 Å². The number of carboxylic acids is 1. The van der Waals surface area contributed by atoms with Crippen LogP contribution in [0.5, 0.6) is 0 Å². The number of fused-ring (bicyclic) bond motifs is 1. The zero-order valence-electron chi connectivity index (χ0n) is 19.6. The van der Waals surface area contributed by atoms with Crippen LogP contribution < -0.4 is 0 Å².